The van der Waals surface area contributed by atoms with Gasteiger partial charge in [-0.3, -0.25) is 0 Å². The lowest BCUT2D eigenvalue weighted by Gasteiger charge is -2.32. The molecule has 1 saturated heterocycles. The molecule has 1 aromatic carbocycles. The summed E-state index contributed by atoms with van der Waals surface area (Å²) < 4.78 is 22.6. The normalized spacial score (nSPS) is 22.2. The first kappa shape index (κ1) is 12.4. The van der Waals surface area contributed by atoms with Crippen LogP contribution in [0, 0.1) is 0 Å². The largest absolute Gasteiger partial charge is 0.399 e. The van der Waals surface area contributed by atoms with Crippen molar-refractivity contribution in [3.63, 3.8) is 0 Å². The van der Waals surface area contributed by atoms with Crippen LogP contribution in [0.1, 0.15) is 18.4 Å². The lowest BCUT2D eigenvalue weighted by molar-refractivity contribution is 0.0308. The fourth-order valence-corrected chi connectivity index (χ4v) is 3.73. The number of aliphatic hydroxyl groups is 1. The van der Waals surface area contributed by atoms with Crippen LogP contribution in [0.15, 0.2) is 24.3 Å². The van der Waals surface area contributed by atoms with Gasteiger partial charge in [-0.25, -0.2) is 8.42 Å². The van der Waals surface area contributed by atoms with Crippen LogP contribution in [0.25, 0.3) is 0 Å². The number of rotatable bonds is 2. The molecule has 0 radical (unpaired) electrons. The average molecular weight is 255 g/mol. The number of hydrogen-bond acceptors (Lipinski definition) is 4. The molecule has 0 atom stereocenters. The Hall–Kier alpha value is -1.07. The third-order valence-corrected chi connectivity index (χ3v) is 4.98. The summed E-state index contributed by atoms with van der Waals surface area (Å²) in [5, 5.41) is 10.4. The van der Waals surface area contributed by atoms with Gasteiger partial charge < -0.3 is 10.8 Å². The molecular weight excluding hydrogens is 238 g/mol. The Kier molecular flexibility index (Phi) is 3.14. The molecule has 4 nitrogen and oxygen atoms in total. The first-order valence-electron chi connectivity index (χ1n) is 5.66. The Bertz CT molecular complexity index is 496. The number of nitrogen functional groups attached to an aromatic ring is 1. The molecule has 0 amide bonds. The van der Waals surface area contributed by atoms with Crippen LogP contribution in [-0.2, 0) is 16.3 Å². The Morgan fingerprint density at radius 1 is 1.24 bits per heavy atom. The minimum absolute atomic E-state index is 0.0657. The van der Waals surface area contributed by atoms with Gasteiger partial charge in [0.05, 0.1) is 17.1 Å². The number of para-hydroxylation sites is 1. The van der Waals surface area contributed by atoms with E-state index in [2.05, 4.69) is 0 Å². The fourth-order valence-electron chi connectivity index (χ4n) is 2.14. The third kappa shape index (κ3) is 2.98. The lowest BCUT2D eigenvalue weighted by Crippen LogP contribution is -2.41. The maximum atomic E-state index is 11.3. The van der Waals surface area contributed by atoms with Crippen LogP contribution in [-0.4, -0.2) is 30.6 Å². The Morgan fingerprint density at radius 3 is 2.41 bits per heavy atom. The second-order valence-electron chi connectivity index (χ2n) is 4.75. The van der Waals surface area contributed by atoms with Gasteiger partial charge in [-0.05, 0) is 24.5 Å². The van der Waals surface area contributed by atoms with Crippen molar-refractivity contribution >= 4 is 15.5 Å². The molecular formula is C12H17NO3S. The van der Waals surface area contributed by atoms with Gasteiger partial charge in [-0.2, -0.15) is 0 Å². The monoisotopic (exact) mass is 255 g/mol. The van der Waals surface area contributed by atoms with Crippen molar-refractivity contribution in [2.75, 3.05) is 17.2 Å². The summed E-state index contributed by atoms with van der Waals surface area (Å²) in [5.74, 6) is 0.131. The van der Waals surface area contributed by atoms with Crippen LogP contribution in [0.5, 0.6) is 0 Å². The highest BCUT2D eigenvalue weighted by molar-refractivity contribution is 7.91. The van der Waals surface area contributed by atoms with Gasteiger partial charge in [-0.1, -0.05) is 18.2 Å². The van der Waals surface area contributed by atoms with E-state index in [-0.39, 0.29) is 11.5 Å². The van der Waals surface area contributed by atoms with Gasteiger partial charge in [0.2, 0.25) is 0 Å². The maximum absolute atomic E-state index is 11.3. The summed E-state index contributed by atoms with van der Waals surface area (Å²) >= 11 is 0. The van der Waals surface area contributed by atoms with E-state index < -0.39 is 15.4 Å². The van der Waals surface area contributed by atoms with Crippen LogP contribution < -0.4 is 5.73 Å². The molecule has 1 fully saturated rings. The van der Waals surface area contributed by atoms with Crippen molar-refractivity contribution in [1.29, 1.82) is 0 Å². The van der Waals surface area contributed by atoms with Gasteiger partial charge in [0.15, 0.2) is 9.84 Å². The molecule has 0 aliphatic carbocycles. The van der Waals surface area contributed by atoms with Crippen LogP contribution in [0.2, 0.25) is 0 Å². The summed E-state index contributed by atoms with van der Waals surface area (Å²) in [7, 11) is -2.95. The molecule has 1 aromatic rings. The lowest BCUT2D eigenvalue weighted by atomic mass is 9.88. The fraction of sp³-hybridized carbons (Fsp3) is 0.500. The number of hydrogen-bond donors (Lipinski definition) is 2. The molecule has 1 heterocycles. The number of benzene rings is 1. The van der Waals surface area contributed by atoms with E-state index in [1.807, 2.05) is 18.2 Å². The van der Waals surface area contributed by atoms with E-state index in [4.69, 9.17) is 5.73 Å². The summed E-state index contributed by atoms with van der Waals surface area (Å²) in [4.78, 5) is 0. The molecule has 1 aliphatic rings. The standard InChI is InChI=1S/C12H17NO3S/c13-11-4-2-1-3-10(11)9-12(14)5-7-17(15,16)8-6-12/h1-4,14H,5-9,13H2. The second-order valence-corrected chi connectivity index (χ2v) is 7.06. The SMILES string of the molecule is Nc1ccccc1CC1(O)CCS(=O)(=O)CC1. The van der Waals surface area contributed by atoms with E-state index in [9.17, 15) is 13.5 Å². The topological polar surface area (TPSA) is 80.4 Å². The Labute approximate surface area is 101 Å². The molecule has 3 N–H and O–H groups in total. The van der Waals surface area contributed by atoms with Crippen LogP contribution in [0.3, 0.4) is 0 Å². The molecule has 5 heteroatoms. The highest BCUT2D eigenvalue weighted by Crippen LogP contribution is 2.29. The van der Waals surface area contributed by atoms with E-state index in [1.54, 1.807) is 6.07 Å². The highest BCUT2D eigenvalue weighted by Gasteiger charge is 2.35. The first-order chi connectivity index (χ1) is 7.90. The van der Waals surface area contributed by atoms with Gasteiger partial charge in [0, 0.05) is 12.1 Å². The maximum Gasteiger partial charge on any atom is 0.150 e. The smallest absolute Gasteiger partial charge is 0.150 e. The molecule has 1 aliphatic heterocycles. The Balaban J connectivity index is 2.12. The summed E-state index contributed by atoms with van der Waals surface area (Å²) in [6.45, 7) is 0. The van der Waals surface area contributed by atoms with E-state index >= 15 is 0 Å². The summed E-state index contributed by atoms with van der Waals surface area (Å²) in [5.41, 5.74) is 6.42. The molecule has 2 rings (SSSR count). The molecule has 0 saturated carbocycles. The first-order valence-corrected chi connectivity index (χ1v) is 7.49. The van der Waals surface area contributed by atoms with Crippen molar-refractivity contribution in [1.82, 2.24) is 0 Å². The third-order valence-electron chi connectivity index (χ3n) is 3.33. The molecule has 94 valence electrons. The predicted octanol–water partition coefficient (Wildman–Crippen LogP) is 0.751. The zero-order valence-corrected chi connectivity index (χ0v) is 10.4. The second kappa shape index (κ2) is 4.31. The van der Waals surface area contributed by atoms with Gasteiger partial charge >= 0.3 is 0 Å². The summed E-state index contributed by atoms with van der Waals surface area (Å²) in [6.07, 6.45) is 1.02. The van der Waals surface area contributed by atoms with Crippen molar-refractivity contribution in [3.8, 4) is 0 Å². The van der Waals surface area contributed by atoms with Crippen LogP contribution >= 0.6 is 0 Å². The molecule has 0 aromatic heterocycles. The highest BCUT2D eigenvalue weighted by atomic mass is 32.2. The van der Waals surface area contributed by atoms with Gasteiger partial charge in [-0.15, -0.1) is 0 Å². The number of nitrogens with two attached hydrogens (primary N) is 1. The minimum Gasteiger partial charge on any atom is -0.399 e. The van der Waals surface area contributed by atoms with Gasteiger partial charge in [0.1, 0.15) is 0 Å². The van der Waals surface area contributed by atoms with Crippen molar-refractivity contribution in [2.24, 2.45) is 0 Å². The van der Waals surface area contributed by atoms with Crippen molar-refractivity contribution in [2.45, 2.75) is 24.9 Å². The predicted molar refractivity (Wildman–Crippen MR) is 67.4 cm³/mol. The van der Waals surface area contributed by atoms with E-state index in [1.165, 1.54) is 0 Å². The van der Waals surface area contributed by atoms with Crippen molar-refractivity contribution < 1.29 is 13.5 Å². The minimum atomic E-state index is -2.95. The molecule has 0 unspecified atom stereocenters. The van der Waals surface area contributed by atoms with Gasteiger partial charge in [0.25, 0.3) is 0 Å². The zero-order valence-electron chi connectivity index (χ0n) is 9.59. The average Bonchev–Trinajstić information content (AvgIpc) is 2.27. The molecule has 0 bridgehead atoms. The molecule has 17 heavy (non-hydrogen) atoms. The number of anilines is 1. The molecule has 0 spiro atoms. The van der Waals surface area contributed by atoms with E-state index in [0.29, 0.717) is 24.9 Å². The zero-order chi connectivity index (χ0) is 12.5. The van der Waals surface area contributed by atoms with Crippen molar-refractivity contribution in [3.05, 3.63) is 29.8 Å². The quantitative estimate of drug-likeness (QED) is 0.764. The van der Waals surface area contributed by atoms with E-state index in [0.717, 1.165) is 5.56 Å². The van der Waals surface area contributed by atoms with Crippen LogP contribution in [0.4, 0.5) is 5.69 Å². The Morgan fingerprint density at radius 2 is 1.82 bits per heavy atom. The summed E-state index contributed by atoms with van der Waals surface area (Å²) in [6, 6.07) is 7.37. The number of sulfone groups is 1.